The van der Waals surface area contributed by atoms with Crippen molar-refractivity contribution < 1.29 is 4.79 Å². The maximum Gasteiger partial charge on any atom is 0.253 e. The Labute approximate surface area is 126 Å². The second kappa shape index (κ2) is 6.98. The summed E-state index contributed by atoms with van der Waals surface area (Å²) in [7, 11) is 0. The van der Waals surface area contributed by atoms with Crippen molar-refractivity contribution in [2.24, 2.45) is 5.92 Å². The molecule has 0 saturated heterocycles. The van der Waals surface area contributed by atoms with E-state index in [-0.39, 0.29) is 11.9 Å². The molecular weight excluding hydrogens is 272 g/mol. The minimum Gasteiger partial charge on any atom is -0.385 e. The Morgan fingerprint density at radius 3 is 2.75 bits per heavy atom. The minimum absolute atomic E-state index is 0.0390. The number of amides is 1. The van der Waals surface area contributed by atoms with Gasteiger partial charge in [-0.05, 0) is 50.8 Å². The van der Waals surface area contributed by atoms with Crippen molar-refractivity contribution in [2.45, 2.75) is 45.6 Å². The standard InChI is InChI=1S/C16H23ClN2O/c1-3-18-15-9-8-13(17)10-14(15)16(20)19-11(2)12-6-4-5-7-12/h8-12,18H,3-7H2,1-2H3,(H,19,20). The summed E-state index contributed by atoms with van der Waals surface area (Å²) in [6.07, 6.45) is 5.00. The molecule has 2 N–H and O–H groups in total. The summed E-state index contributed by atoms with van der Waals surface area (Å²) in [6, 6.07) is 5.62. The number of hydrogen-bond donors (Lipinski definition) is 2. The van der Waals surface area contributed by atoms with E-state index in [0.29, 0.717) is 16.5 Å². The SMILES string of the molecule is CCNc1ccc(Cl)cc1C(=O)NC(C)C1CCCC1. The van der Waals surface area contributed by atoms with E-state index in [4.69, 9.17) is 11.6 Å². The average Bonchev–Trinajstić information content (AvgIpc) is 2.95. The zero-order valence-electron chi connectivity index (χ0n) is 12.2. The molecule has 1 amide bonds. The van der Waals surface area contributed by atoms with E-state index < -0.39 is 0 Å². The van der Waals surface area contributed by atoms with Crippen molar-refractivity contribution in [1.82, 2.24) is 5.32 Å². The summed E-state index contributed by atoms with van der Waals surface area (Å²) in [6.45, 7) is 4.89. The van der Waals surface area contributed by atoms with Gasteiger partial charge in [0.1, 0.15) is 0 Å². The largest absolute Gasteiger partial charge is 0.385 e. The fourth-order valence-corrected chi connectivity index (χ4v) is 3.08. The third-order valence-electron chi connectivity index (χ3n) is 4.06. The van der Waals surface area contributed by atoms with Gasteiger partial charge < -0.3 is 10.6 Å². The van der Waals surface area contributed by atoms with Gasteiger partial charge in [-0.3, -0.25) is 4.79 Å². The first kappa shape index (κ1) is 15.2. The first-order chi connectivity index (χ1) is 9.61. The Morgan fingerprint density at radius 1 is 1.40 bits per heavy atom. The number of benzene rings is 1. The maximum atomic E-state index is 12.4. The fourth-order valence-electron chi connectivity index (χ4n) is 2.91. The quantitative estimate of drug-likeness (QED) is 0.859. The van der Waals surface area contributed by atoms with Crippen LogP contribution in [0, 0.1) is 5.92 Å². The second-order valence-corrected chi connectivity index (χ2v) is 5.96. The van der Waals surface area contributed by atoms with Gasteiger partial charge >= 0.3 is 0 Å². The predicted molar refractivity (Wildman–Crippen MR) is 84.5 cm³/mol. The molecule has 0 heterocycles. The van der Waals surface area contributed by atoms with Crippen molar-refractivity contribution in [3.05, 3.63) is 28.8 Å². The molecule has 1 fully saturated rings. The van der Waals surface area contributed by atoms with Crippen LogP contribution in [0.5, 0.6) is 0 Å². The zero-order valence-corrected chi connectivity index (χ0v) is 13.0. The average molecular weight is 295 g/mol. The lowest BCUT2D eigenvalue weighted by molar-refractivity contribution is 0.0928. The van der Waals surface area contributed by atoms with E-state index in [1.807, 2.05) is 13.0 Å². The van der Waals surface area contributed by atoms with Gasteiger partial charge in [0.05, 0.1) is 5.56 Å². The van der Waals surface area contributed by atoms with E-state index in [1.165, 1.54) is 25.7 Å². The van der Waals surface area contributed by atoms with E-state index in [9.17, 15) is 4.79 Å². The predicted octanol–water partition coefficient (Wildman–Crippen LogP) is 4.08. The molecule has 1 aromatic carbocycles. The van der Waals surface area contributed by atoms with Gasteiger partial charge in [-0.2, -0.15) is 0 Å². The Bertz CT molecular complexity index is 470. The Kier molecular flexibility index (Phi) is 5.30. The molecule has 0 aromatic heterocycles. The monoisotopic (exact) mass is 294 g/mol. The molecule has 0 spiro atoms. The molecule has 1 saturated carbocycles. The van der Waals surface area contributed by atoms with Crippen LogP contribution in [0.25, 0.3) is 0 Å². The summed E-state index contributed by atoms with van der Waals surface area (Å²) in [5.74, 6) is 0.573. The van der Waals surface area contributed by atoms with Crippen LogP contribution in [0.2, 0.25) is 5.02 Å². The van der Waals surface area contributed by atoms with Gasteiger partial charge in [0, 0.05) is 23.3 Å². The number of anilines is 1. The van der Waals surface area contributed by atoms with Crippen LogP contribution in [-0.2, 0) is 0 Å². The highest BCUT2D eigenvalue weighted by atomic mass is 35.5. The van der Waals surface area contributed by atoms with Gasteiger partial charge in [0.2, 0.25) is 0 Å². The number of carbonyl (C=O) groups is 1. The molecule has 0 bridgehead atoms. The number of hydrogen-bond acceptors (Lipinski definition) is 2. The topological polar surface area (TPSA) is 41.1 Å². The summed E-state index contributed by atoms with van der Waals surface area (Å²) in [5, 5.41) is 6.92. The summed E-state index contributed by atoms with van der Waals surface area (Å²) in [5.41, 5.74) is 1.47. The van der Waals surface area contributed by atoms with Crippen LogP contribution in [0.4, 0.5) is 5.69 Å². The van der Waals surface area contributed by atoms with Crippen LogP contribution >= 0.6 is 11.6 Å². The molecule has 1 unspecified atom stereocenters. The smallest absolute Gasteiger partial charge is 0.253 e. The minimum atomic E-state index is -0.0390. The first-order valence-electron chi connectivity index (χ1n) is 7.46. The fraction of sp³-hybridized carbons (Fsp3) is 0.562. The molecule has 0 radical (unpaired) electrons. The van der Waals surface area contributed by atoms with Crippen molar-refractivity contribution >= 4 is 23.2 Å². The van der Waals surface area contributed by atoms with Crippen molar-refractivity contribution in [3.63, 3.8) is 0 Å². The molecule has 1 atom stereocenters. The van der Waals surface area contributed by atoms with Crippen molar-refractivity contribution in [2.75, 3.05) is 11.9 Å². The van der Waals surface area contributed by atoms with Crippen molar-refractivity contribution in [3.8, 4) is 0 Å². The van der Waals surface area contributed by atoms with Crippen LogP contribution in [-0.4, -0.2) is 18.5 Å². The molecule has 20 heavy (non-hydrogen) atoms. The van der Waals surface area contributed by atoms with Gasteiger partial charge in [-0.25, -0.2) is 0 Å². The molecule has 0 aliphatic heterocycles. The molecular formula is C16H23ClN2O. The number of halogens is 1. The Hall–Kier alpha value is -1.22. The highest BCUT2D eigenvalue weighted by molar-refractivity contribution is 6.31. The highest BCUT2D eigenvalue weighted by Crippen LogP contribution is 2.28. The lowest BCUT2D eigenvalue weighted by atomic mass is 9.99. The third-order valence-corrected chi connectivity index (χ3v) is 4.29. The highest BCUT2D eigenvalue weighted by Gasteiger charge is 2.23. The Balaban J connectivity index is 2.09. The molecule has 3 nitrogen and oxygen atoms in total. The first-order valence-corrected chi connectivity index (χ1v) is 7.84. The molecule has 2 rings (SSSR count). The van der Waals surface area contributed by atoms with E-state index in [2.05, 4.69) is 17.6 Å². The molecule has 1 aliphatic rings. The van der Waals surface area contributed by atoms with Crippen molar-refractivity contribution in [1.29, 1.82) is 0 Å². The molecule has 1 aliphatic carbocycles. The Morgan fingerprint density at radius 2 is 2.10 bits per heavy atom. The number of nitrogens with one attached hydrogen (secondary N) is 2. The maximum absolute atomic E-state index is 12.4. The van der Waals surface area contributed by atoms with Gasteiger partial charge in [0.15, 0.2) is 0 Å². The van der Waals surface area contributed by atoms with E-state index in [1.54, 1.807) is 12.1 Å². The molecule has 110 valence electrons. The van der Waals surface area contributed by atoms with Gasteiger partial charge in [-0.15, -0.1) is 0 Å². The molecule has 1 aromatic rings. The van der Waals surface area contributed by atoms with Crippen LogP contribution in [0.3, 0.4) is 0 Å². The van der Waals surface area contributed by atoms with Gasteiger partial charge in [0.25, 0.3) is 5.91 Å². The van der Waals surface area contributed by atoms with E-state index >= 15 is 0 Å². The van der Waals surface area contributed by atoms with Crippen LogP contribution in [0.15, 0.2) is 18.2 Å². The van der Waals surface area contributed by atoms with Crippen LogP contribution < -0.4 is 10.6 Å². The zero-order chi connectivity index (χ0) is 14.5. The summed E-state index contributed by atoms with van der Waals surface area (Å²) < 4.78 is 0. The van der Waals surface area contributed by atoms with Gasteiger partial charge in [-0.1, -0.05) is 24.4 Å². The van der Waals surface area contributed by atoms with E-state index in [0.717, 1.165) is 12.2 Å². The second-order valence-electron chi connectivity index (χ2n) is 5.53. The molecule has 4 heteroatoms. The summed E-state index contributed by atoms with van der Waals surface area (Å²) >= 11 is 6.02. The lowest BCUT2D eigenvalue weighted by Crippen LogP contribution is -2.37. The lowest BCUT2D eigenvalue weighted by Gasteiger charge is -2.21. The number of carbonyl (C=O) groups excluding carboxylic acids is 1. The normalized spacial score (nSPS) is 16.9. The third kappa shape index (κ3) is 3.66. The summed E-state index contributed by atoms with van der Waals surface area (Å²) in [4.78, 5) is 12.4. The number of rotatable bonds is 5. The van der Waals surface area contributed by atoms with Crippen LogP contribution in [0.1, 0.15) is 49.9 Å².